The molecule has 3 aromatic rings. The summed E-state index contributed by atoms with van der Waals surface area (Å²) in [5.74, 6) is -1.42. The minimum atomic E-state index is -4.93. The normalized spacial score (nSPS) is 16.5. The quantitative estimate of drug-likeness (QED) is 0.378. The summed E-state index contributed by atoms with van der Waals surface area (Å²) in [6, 6.07) is 10.3. The molecule has 0 aliphatic carbocycles. The van der Waals surface area contributed by atoms with Crippen LogP contribution in [0.2, 0.25) is 0 Å². The number of rotatable bonds is 5. The van der Waals surface area contributed by atoms with E-state index in [1.165, 1.54) is 40.5 Å². The molecule has 2 fully saturated rings. The molecule has 2 saturated heterocycles. The fourth-order valence-corrected chi connectivity index (χ4v) is 5.70. The highest BCUT2D eigenvalue weighted by molar-refractivity contribution is 7.13. The number of ether oxygens (including phenoxy) is 1. The van der Waals surface area contributed by atoms with E-state index in [-0.39, 0.29) is 30.3 Å². The van der Waals surface area contributed by atoms with E-state index in [0.717, 1.165) is 18.2 Å². The second-order valence-corrected chi connectivity index (χ2v) is 10.5. The molecule has 8 nitrogen and oxygen atoms in total. The van der Waals surface area contributed by atoms with E-state index in [4.69, 9.17) is 0 Å². The maximum Gasteiger partial charge on any atom is 0.573 e. The van der Waals surface area contributed by atoms with Gasteiger partial charge < -0.3 is 24.3 Å². The van der Waals surface area contributed by atoms with Gasteiger partial charge in [-0.2, -0.15) is 13.2 Å². The van der Waals surface area contributed by atoms with Gasteiger partial charge in [0, 0.05) is 63.4 Å². The molecule has 2 aliphatic rings. The molecule has 0 spiro atoms. The summed E-state index contributed by atoms with van der Waals surface area (Å²) in [7, 11) is 0. The molecule has 1 aromatic heterocycles. The van der Waals surface area contributed by atoms with Crippen LogP contribution in [0.1, 0.15) is 26.4 Å². The number of carbonyl (C=O) groups excluding carboxylic acids is 2. The second-order valence-electron chi connectivity index (χ2n) is 9.67. The summed E-state index contributed by atoms with van der Waals surface area (Å²) in [5, 5.41) is 2.22. The van der Waals surface area contributed by atoms with Crippen LogP contribution in [-0.2, 0) is 6.18 Å². The number of piperazine rings is 2. The average Bonchev–Trinajstić information content (AvgIpc) is 3.46. The summed E-state index contributed by atoms with van der Waals surface area (Å²) < 4.78 is 81.5. The topological polar surface area (TPSA) is 69.2 Å². The Morgan fingerprint density at radius 2 is 1.38 bits per heavy atom. The lowest BCUT2D eigenvalue weighted by Gasteiger charge is -2.36. The van der Waals surface area contributed by atoms with Crippen LogP contribution in [0.25, 0.3) is 0 Å². The lowest BCUT2D eigenvalue weighted by molar-refractivity contribution is -0.274. The van der Waals surface area contributed by atoms with Crippen molar-refractivity contribution in [3.8, 4) is 5.75 Å². The van der Waals surface area contributed by atoms with Gasteiger partial charge in [0.05, 0.1) is 11.1 Å². The van der Waals surface area contributed by atoms with Crippen LogP contribution in [0.4, 0.5) is 37.2 Å². The van der Waals surface area contributed by atoms with E-state index in [0.29, 0.717) is 50.1 Å². The van der Waals surface area contributed by atoms with Crippen molar-refractivity contribution in [1.29, 1.82) is 0 Å². The summed E-state index contributed by atoms with van der Waals surface area (Å²) in [6.07, 6.45) is -9.36. The molecule has 0 bridgehead atoms. The van der Waals surface area contributed by atoms with Gasteiger partial charge in [-0.15, -0.1) is 24.5 Å². The van der Waals surface area contributed by atoms with Gasteiger partial charge in [0.15, 0.2) is 5.13 Å². The van der Waals surface area contributed by atoms with Crippen molar-refractivity contribution in [1.82, 2.24) is 14.8 Å². The number of aromatic nitrogens is 1. The number of alkyl halides is 6. The molecule has 5 rings (SSSR count). The number of anilines is 2. The summed E-state index contributed by atoms with van der Waals surface area (Å²) >= 11 is 1.27. The van der Waals surface area contributed by atoms with Crippen LogP contribution in [0.3, 0.4) is 0 Å². The van der Waals surface area contributed by atoms with Crippen molar-refractivity contribution in [2.24, 2.45) is 0 Å². The van der Waals surface area contributed by atoms with Crippen molar-refractivity contribution in [2.75, 3.05) is 62.2 Å². The number of nitrogens with zero attached hydrogens (tertiary/aromatic N) is 5. The SMILES string of the molecule is O=C(c1csc(N2CCN(C(=O)c3ccccc3OC(F)(F)F)CC2)n1)N1CCN(c2cccc(C(F)(F)F)c2)CC1. The van der Waals surface area contributed by atoms with Crippen molar-refractivity contribution >= 4 is 34.0 Å². The number of thiazole rings is 1. The molecule has 0 N–H and O–H groups in total. The van der Waals surface area contributed by atoms with Crippen LogP contribution < -0.4 is 14.5 Å². The van der Waals surface area contributed by atoms with Crippen LogP contribution in [0.5, 0.6) is 5.75 Å². The third kappa shape index (κ3) is 6.72. The number of amides is 2. The Bertz CT molecular complexity index is 1430. The molecule has 15 heteroatoms. The highest BCUT2D eigenvalue weighted by atomic mass is 32.1. The Balaban J connectivity index is 1.15. The van der Waals surface area contributed by atoms with E-state index < -0.39 is 29.8 Å². The fraction of sp³-hybridized carbons (Fsp3) is 0.370. The zero-order chi connectivity index (χ0) is 30.1. The smallest absolute Gasteiger partial charge is 0.405 e. The highest BCUT2D eigenvalue weighted by Crippen LogP contribution is 2.32. The molecule has 0 radical (unpaired) electrons. The van der Waals surface area contributed by atoms with Crippen LogP contribution in [-0.4, -0.2) is 85.3 Å². The molecule has 0 unspecified atom stereocenters. The molecule has 0 saturated carbocycles. The summed E-state index contributed by atoms with van der Waals surface area (Å²) in [6.45, 7) is 2.59. The summed E-state index contributed by atoms with van der Waals surface area (Å²) in [4.78, 5) is 37.3. The minimum absolute atomic E-state index is 0.182. The standard InChI is InChI=1S/C27H25F6N5O3S/c28-26(29,30)18-4-3-5-19(16-18)35-8-10-37(11-9-35)24(40)21-17-42-25(34-21)38-14-12-36(13-15-38)23(39)20-6-1-2-7-22(20)41-27(31,32)33/h1-7,16-17H,8-15H2. The van der Waals surface area contributed by atoms with Gasteiger partial charge in [0.2, 0.25) is 0 Å². The first kappa shape index (κ1) is 29.5. The van der Waals surface area contributed by atoms with Gasteiger partial charge in [-0.3, -0.25) is 9.59 Å². The average molecular weight is 614 g/mol. The second kappa shape index (κ2) is 11.7. The third-order valence-electron chi connectivity index (χ3n) is 7.00. The zero-order valence-corrected chi connectivity index (χ0v) is 22.8. The lowest BCUT2D eigenvalue weighted by atomic mass is 10.1. The Morgan fingerprint density at radius 1 is 0.762 bits per heavy atom. The predicted molar refractivity (Wildman–Crippen MR) is 143 cm³/mol. The molecule has 224 valence electrons. The number of hydrogen-bond acceptors (Lipinski definition) is 7. The van der Waals surface area contributed by atoms with Crippen LogP contribution in [0.15, 0.2) is 53.9 Å². The molecular weight excluding hydrogens is 588 g/mol. The predicted octanol–water partition coefficient (Wildman–Crippen LogP) is 4.99. The first-order valence-electron chi connectivity index (χ1n) is 12.9. The van der Waals surface area contributed by atoms with Gasteiger partial charge in [0.1, 0.15) is 11.4 Å². The first-order chi connectivity index (χ1) is 19.9. The van der Waals surface area contributed by atoms with E-state index in [1.807, 2.05) is 4.90 Å². The van der Waals surface area contributed by atoms with Crippen molar-refractivity contribution in [2.45, 2.75) is 12.5 Å². The Hall–Kier alpha value is -4.01. The number of hydrogen-bond donors (Lipinski definition) is 0. The van der Waals surface area contributed by atoms with Crippen LogP contribution >= 0.6 is 11.3 Å². The van der Waals surface area contributed by atoms with E-state index in [1.54, 1.807) is 21.2 Å². The van der Waals surface area contributed by atoms with Crippen molar-refractivity contribution in [3.63, 3.8) is 0 Å². The Kier molecular flexibility index (Phi) is 8.21. The molecule has 0 atom stereocenters. The van der Waals surface area contributed by atoms with Gasteiger partial charge in [-0.05, 0) is 30.3 Å². The molecular formula is C27H25F6N5O3S. The maximum absolute atomic E-state index is 13.1. The number of benzene rings is 2. The monoisotopic (exact) mass is 613 g/mol. The van der Waals surface area contributed by atoms with Crippen LogP contribution in [0, 0.1) is 0 Å². The number of para-hydroxylation sites is 1. The van der Waals surface area contributed by atoms with Gasteiger partial charge in [-0.25, -0.2) is 4.98 Å². The Morgan fingerprint density at radius 3 is 2.02 bits per heavy atom. The van der Waals surface area contributed by atoms with Gasteiger partial charge in [0.25, 0.3) is 11.8 Å². The molecule has 3 heterocycles. The first-order valence-corrected chi connectivity index (χ1v) is 13.8. The molecule has 2 amide bonds. The minimum Gasteiger partial charge on any atom is -0.405 e. The zero-order valence-electron chi connectivity index (χ0n) is 22.0. The molecule has 42 heavy (non-hydrogen) atoms. The largest absolute Gasteiger partial charge is 0.573 e. The molecule has 2 aliphatic heterocycles. The summed E-state index contributed by atoms with van der Waals surface area (Å²) in [5.41, 5.74) is -0.210. The van der Waals surface area contributed by atoms with Crippen molar-refractivity contribution < 1.29 is 40.7 Å². The number of halogens is 6. The number of carbonyl (C=O) groups is 2. The molecule has 2 aromatic carbocycles. The van der Waals surface area contributed by atoms with E-state index in [9.17, 15) is 35.9 Å². The Labute approximate surface area is 240 Å². The van der Waals surface area contributed by atoms with Gasteiger partial charge >= 0.3 is 12.5 Å². The van der Waals surface area contributed by atoms with Gasteiger partial charge in [-0.1, -0.05) is 18.2 Å². The lowest BCUT2D eigenvalue weighted by Crippen LogP contribution is -2.49. The fourth-order valence-electron chi connectivity index (χ4n) is 4.84. The highest BCUT2D eigenvalue weighted by Gasteiger charge is 2.35. The maximum atomic E-state index is 13.1. The van der Waals surface area contributed by atoms with E-state index >= 15 is 0 Å². The third-order valence-corrected chi connectivity index (χ3v) is 7.90. The van der Waals surface area contributed by atoms with Crippen molar-refractivity contribution in [3.05, 3.63) is 70.7 Å². The van der Waals surface area contributed by atoms with E-state index in [2.05, 4.69) is 9.72 Å².